The van der Waals surface area contributed by atoms with Crippen LogP contribution in [0.1, 0.15) is 31.2 Å². The lowest BCUT2D eigenvalue weighted by atomic mass is 10.1. The zero-order chi connectivity index (χ0) is 12.8. The molecule has 1 aliphatic carbocycles. The summed E-state index contributed by atoms with van der Waals surface area (Å²) in [5.74, 6) is 0.553. The lowest BCUT2D eigenvalue weighted by Crippen LogP contribution is -2.29. The molecule has 0 saturated heterocycles. The number of hydrogen-bond donors (Lipinski definition) is 0. The largest absolute Gasteiger partial charge is 0.243 e. The number of sulfonamides is 1. The van der Waals surface area contributed by atoms with Crippen molar-refractivity contribution in [2.24, 2.45) is 5.92 Å². The molecule has 98 valence electrons. The van der Waals surface area contributed by atoms with Crippen LogP contribution in [-0.2, 0) is 16.6 Å². The molecule has 18 heavy (non-hydrogen) atoms. The minimum absolute atomic E-state index is 0.490. The molecule has 0 aromatic heterocycles. The van der Waals surface area contributed by atoms with Gasteiger partial charge in [-0.05, 0) is 42.5 Å². The third-order valence-corrected chi connectivity index (χ3v) is 6.33. The first-order chi connectivity index (χ1) is 8.57. The summed E-state index contributed by atoms with van der Waals surface area (Å²) in [6.45, 7) is 1.22. The van der Waals surface area contributed by atoms with Gasteiger partial charge in [0, 0.05) is 17.6 Å². The molecule has 0 amide bonds. The third-order valence-electron chi connectivity index (χ3n) is 3.92. The van der Waals surface area contributed by atoms with Gasteiger partial charge in [0.15, 0.2) is 0 Å². The zero-order valence-corrected chi connectivity index (χ0v) is 12.5. The summed E-state index contributed by atoms with van der Waals surface area (Å²) >= 11 is 3.40. The second-order valence-electron chi connectivity index (χ2n) is 5.20. The molecule has 0 bridgehead atoms. The highest BCUT2D eigenvalue weighted by molar-refractivity contribution is 9.10. The molecule has 0 spiro atoms. The molecular formula is C13H16BrNO2S. The molecule has 5 heteroatoms. The van der Waals surface area contributed by atoms with Gasteiger partial charge < -0.3 is 0 Å². The highest BCUT2D eigenvalue weighted by Crippen LogP contribution is 2.35. The van der Waals surface area contributed by atoms with E-state index in [1.807, 2.05) is 6.07 Å². The Hall–Kier alpha value is -0.390. The molecule has 1 heterocycles. The summed E-state index contributed by atoms with van der Waals surface area (Å²) < 4.78 is 27.4. The Labute approximate surface area is 116 Å². The minimum atomic E-state index is -3.24. The van der Waals surface area contributed by atoms with Gasteiger partial charge in [0.05, 0.1) is 4.90 Å². The van der Waals surface area contributed by atoms with Crippen molar-refractivity contribution in [1.82, 2.24) is 4.31 Å². The van der Waals surface area contributed by atoms with Gasteiger partial charge in [-0.3, -0.25) is 0 Å². The average molecular weight is 330 g/mol. The van der Waals surface area contributed by atoms with Gasteiger partial charge >= 0.3 is 0 Å². The van der Waals surface area contributed by atoms with Crippen molar-refractivity contribution in [2.75, 3.05) is 6.54 Å². The second kappa shape index (κ2) is 4.62. The number of rotatable bonds is 2. The smallest absolute Gasteiger partial charge is 0.207 e. The van der Waals surface area contributed by atoms with Crippen molar-refractivity contribution in [3.05, 3.63) is 28.2 Å². The van der Waals surface area contributed by atoms with Crippen LogP contribution in [0, 0.1) is 5.92 Å². The molecule has 0 N–H and O–H groups in total. The normalized spacial score (nSPS) is 23.4. The fourth-order valence-corrected chi connectivity index (χ4v) is 5.08. The summed E-state index contributed by atoms with van der Waals surface area (Å²) in [5.41, 5.74) is 0.919. The summed E-state index contributed by atoms with van der Waals surface area (Å²) in [4.78, 5) is 0.490. The van der Waals surface area contributed by atoms with E-state index in [9.17, 15) is 8.42 Å². The second-order valence-corrected chi connectivity index (χ2v) is 8.02. The summed E-state index contributed by atoms with van der Waals surface area (Å²) in [6.07, 6.45) is 4.84. The molecule has 1 saturated carbocycles. The number of benzene rings is 1. The van der Waals surface area contributed by atoms with E-state index in [0.29, 0.717) is 23.9 Å². The predicted molar refractivity (Wildman–Crippen MR) is 73.7 cm³/mol. The Kier molecular flexibility index (Phi) is 3.24. The Bertz CT molecular complexity index is 564. The van der Waals surface area contributed by atoms with Crippen LogP contribution in [0.3, 0.4) is 0 Å². The molecule has 1 aromatic carbocycles. The van der Waals surface area contributed by atoms with E-state index < -0.39 is 10.0 Å². The molecular weight excluding hydrogens is 314 g/mol. The number of hydrogen-bond acceptors (Lipinski definition) is 2. The predicted octanol–water partition coefficient (Wildman–Crippen LogP) is 3.14. The first-order valence-electron chi connectivity index (χ1n) is 6.36. The first kappa shape index (κ1) is 12.6. The topological polar surface area (TPSA) is 37.4 Å². The van der Waals surface area contributed by atoms with Crippen molar-refractivity contribution in [1.29, 1.82) is 0 Å². The van der Waals surface area contributed by atoms with Crippen LogP contribution in [-0.4, -0.2) is 19.3 Å². The minimum Gasteiger partial charge on any atom is -0.207 e. The Morgan fingerprint density at radius 1 is 1.28 bits per heavy atom. The summed E-state index contributed by atoms with van der Waals surface area (Å²) in [7, 11) is -3.24. The van der Waals surface area contributed by atoms with Crippen LogP contribution in [0.4, 0.5) is 0 Å². The number of halogens is 1. The van der Waals surface area contributed by atoms with Gasteiger partial charge in [-0.2, -0.15) is 4.31 Å². The molecule has 1 aromatic rings. The molecule has 0 radical (unpaired) electrons. The van der Waals surface area contributed by atoms with Crippen molar-refractivity contribution >= 4 is 26.0 Å². The van der Waals surface area contributed by atoms with Gasteiger partial charge in [-0.25, -0.2) is 8.42 Å². The SMILES string of the molecule is O=S1(=O)c2ccc(Br)cc2CN1CC1CCCC1. The highest BCUT2D eigenvalue weighted by Gasteiger charge is 2.36. The van der Waals surface area contributed by atoms with Crippen LogP contribution in [0.15, 0.2) is 27.6 Å². The first-order valence-corrected chi connectivity index (χ1v) is 8.59. The van der Waals surface area contributed by atoms with E-state index in [2.05, 4.69) is 15.9 Å². The Morgan fingerprint density at radius 3 is 2.72 bits per heavy atom. The van der Waals surface area contributed by atoms with E-state index in [-0.39, 0.29) is 0 Å². The van der Waals surface area contributed by atoms with Gasteiger partial charge in [0.2, 0.25) is 10.0 Å². The lowest BCUT2D eigenvalue weighted by Gasteiger charge is -2.18. The van der Waals surface area contributed by atoms with Crippen LogP contribution in [0.25, 0.3) is 0 Å². The van der Waals surface area contributed by atoms with Gasteiger partial charge in [0.25, 0.3) is 0 Å². The maximum atomic E-state index is 12.4. The number of nitrogens with zero attached hydrogens (tertiary/aromatic N) is 1. The van der Waals surface area contributed by atoms with E-state index >= 15 is 0 Å². The Morgan fingerprint density at radius 2 is 2.00 bits per heavy atom. The van der Waals surface area contributed by atoms with Crippen molar-refractivity contribution in [3.63, 3.8) is 0 Å². The monoisotopic (exact) mass is 329 g/mol. The maximum Gasteiger partial charge on any atom is 0.243 e. The van der Waals surface area contributed by atoms with Gasteiger partial charge in [-0.1, -0.05) is 28.8 Å². The summed E-state index contributed by atoms with van der Waals surface area (Å²) in [6, 6.07) is 5.43. The van der Waals surface area contributed by atoms with E-state index in [0.717, 1.165) is 10.0 Å². The van der Waals surface area contributed by atoms with Crippen molar-refractivity contribution < 1.29 is 8.42 Å². The van der Waals surface area contributed by atoms with Gasteiger partial charge in [-0.15, -0.1) is 0 Å². The van der Waals surface area contributed by atoms with E-state index in [1.54, 1.807) is 16.4 Å². The quantitative estimate of drug-likeness (QED) is 0.835. The van der Waals surface area contributed by atoms with Crippen LogP contribution in [0.2, 0.25) is 0 Å². The van der Waals surface area contributed by atoms with E-state index in [4.69, 9.17) is 0 Å². The fourth-order valence-electron chi connectivity index (χ4n) is 2.98. The molecule has 0 unspecified atom stereocenters. The third kappa shape index (κ3) is 2.12. The maximum absolute atomic E-state index is 12.4. The molecule has 1 fully saturated rings. The molecule has 1 aliphatic heterocycles. The molecule has 0 atom stereocenters. The molecule has 3 nitrogen and oxygen atoms in total. The molecule has 3 rings (SSSR count). The van der Waals surface area contributed by atoms with Crippen LogP contribution < -0.4 is 0 Å². The van der Waals surface area contributed by atoms with Crippen LogP contribution >= 0.6 is 15.9 Å². The number of fused-ring (bicyclic) bond motifs is 1. The Balaban J connectivity index is 1.87. The summed E-state index contributed by atoms with van der Waals surface area (Å²) in [5, 5.41) is 0. The van der Waals surface area contributed by atoms with E-state index in [1.165, 1.54) is 25.7 Å². The zero-order valence-electron chi connectivity index (χ0n) is 10.1. The average Bonchev–Trinajstić information content (AvgIpc) is 2.87. The highest BCUT2D eigenvalue weighted by atomic mass is 79.9. The fraction of sp³-hybridized carbons (Fsp3) is 0.538. The lowest BCUT2D eigenvalue weighted by molar-refractivity contribution is 0.351. The van der Waals surface area contributed by atoms with Gasteiger partial charge in [0.1, 0.15) is 0 Å². The van der Waals surface area contributed by atoms with Crippen molar-refractivity contribution in [3.8, 4) is 0 Å². The van der Waals surface area contributed by atoms with Crippen LogP contribution in [0.5, 0.6) is 0 Å². The van der Waals surface area contributed by atoms with Crippen molar-refractivity contribution in [2.45, 2.75) is 37.1 Å². The molecule has 2 aliphatic rings. The standard InChI is InChI=1S/C13H16BrNO2S/c14-12-5-6-13-11(7-12)9-15(18(13,16)17)8-10-3-1-2-4-10/h5-7,10H,1-4,8-9H2.